The van der Waals surface area contributed by atoms with Crippen LogP contribution in [-0.4, -0.2) is 22.8 Å². The fourth-order valence-electron chi connectivity index (χ4n) is 4.97. The van der Waals surface area contributed by atoms with Crippen molar-refractivity contribution in [2.45, 2.75) is 17.9 Å². The molecular formula is C31H27N3O2. The summed E-state index contributed by atoms with van der Waals surface area (Å²) in [6.07, 6.45) is 2.14. The van der Waals surface area contributed by atoms with E-state index in [-0.39, 0.29) is 12.3 Å². The normalized spacial score (nSPS) is 12.2. The molecule has 4 aromatic carbocycles. The number of nitrogens with one attached hydrogen (secondary N) is 2. The molecule has 36 heavy (non-hydrogen) atoms. The third-order valence-corrected chi connectivity index (χ3v) is 6.71. The minimum Gasteiger partial charge on any atom is -0.368 e. The molecule has 0 fully saturated rings. The molecule has 5 heteroatoms. The highest BCUT2D eigenvalue weighted by atomic mass is 16.2. The number of hydrogen-bond acceptors (Lipinski definition) is 2. The van der Waals surface area contributed by atoms with Crippen LogP contribution in [0.3, 0.4) is 0 Å². The number of amides is 2. The maximum atomic E-state index is 14.4. The first-order valence-corrected chi connectivity index (χ1v) is 11.9. The van der Waals surface area contributed by atoms with Gasteiger partial charge in [0.1, 0.15) is 11.5 Å². The van der Waals surface area contributed by atoms with Crippen LogP contribution in [0, 0.1) is 0 Å². The van der Waals surface area contributed by atoms with Crippen LogP contribution in [-0.2, 0) is 21.4 Å². The van der Waals surface area contributed by atoms with Gasteiger partial charge in [0.15, 0.2) is 0 Å². The zero-order valence-electron chi connectivity index (χ0n) is 19.7. The highest BCUT2D eigenvalue weighted by Crippen LogP contribution is 2.39. The molecule has 0 radical (unpaired) electrons. The molecule has 0 saturated heterocycles. The number of aromatic nitrogens is 1. The Labute approximate surface area is 210 Å². The molecule has 0 aliphatic rings. The molecule has 0 aliphatic heterocycles. The first-order chi connectivity index (χ1) is 17.6. The number of nitrogens with two attached hydrogens (primary N) is 1. The monoisotopic (exact) mass is 473 g/mol. The molecule has 0 spiro atoms. The van der Waals surface area contributed by atoms with Crippen LogP contribution in [0.5, 0.6) is 0 Å². The van der Waals surface area contributed by atoms with E-state index < -0.39 is 17.4 Å². The van der Waals surface area contributed by atoms with Gasteiger partial charge >= 0.3 is 0 Å². The number of rotatable bonds is 8. The van der Waals surface area contributed by atoms with Gasteiger partial charge in [-0.3, -0.25) is 9.59 Å². The maximum absolute atomic E-state index is 14.4. The molecule has 5 nitrogen and oxygen atoms in total. The predicted molar refractivity (Wildman–Crippen MR) is 142 cm³/mol. The molecule has 1 heterocycles. The van der Waals surface area contributed by atoms with Crippen LogP contribution in [0.2, 0.25) is 0 Å². The lowest BCUT2D eigenvalue weighted by Gasteiger charge is -2.35. The topological polar surface area (TPSA) is 88.0 Å². The molecule has 4 N–H and O–H groups in total. The van der Waals surface area contributed by atoms with Crippen molar-refractivity contribution in [3.8, 4) is 0 Å². The van der Waals surface area contributed by atoms with Gasteiger partial charge in [-0.15, -0.1) is 0 Å². The van der Waals surface area contributed by atoms with Crippen molar-refractivity contribution in [3.05, 3.63) is 144 Å². The van der Waals surface area contributed by atoms with Gasteiger partial charge in [0.05, 0.1) is 0 Å². The Bertz CT molecular complexity index is 1380. The van der Waals surface area contributed by atoms with Crippen LogP contribution >= 0.6 is 0 Å². The van der Waals surface area contributed by atoms with E-state index in [0.717, 1.165) is 33.2 Å². The third-order valence-electron chi connectivity index (χ3n) is 6.71. The summed E-state index contributed by atoms with van der Waals surface area (Å²) in [5, 5.41) is 4.03. The minimum atomic E-state index is -1.18. The average molecular weight is 474 g/mol. The van der Waals surface area contributed by atoms with E-state index >= 15 is 0 Å². The van der Waals surface area contributed by atoms with Crippen LogP contribution < -0.4 is 11.1 Å². The standard InChI is InChI=1S/C31H27N3O2/c32-29(35)28(20-22-21-33-27-19-11-10-18-26(22)27)34-30(36)31(23-12-4-1-5-13-23,24-14-6-2-7-15-24)25-16-8-3-9-17-25/h1-19,21,28,33H,20H2,(H2,32,35)(H,34,36)/t28-/m1/s1. The molecule has 0 bridgehead atoms. The number of fused-ring (bicyclic) bond motifs is 1. The van der Waals surface area contributed by atoms with E-state index in [2.05, 4.69) is 10.3 Å². The number of H-pyrrole nitrogens is 1. The van der Waals surface area contributed by atoms with E-state index in [4.69, 9.17) is 5.73 Å². The molecule has 2 amide bonds. The maximum Gasteiger partial charge on any atom is 0.240 e. The van der Waals surface area contributed by atoms with Gasteiger partial charge in [0.2, 0.25) is 11.8 Å². The molecule has 178 valence electrons. The highest BCUT2D eigenvalue weighted by molar-refractivity contribution is 5.99. The number of aromatic amines is 1. The summed E-state index contributed by atoms with van der Waals surface area (Å²) in [7, 11) is 0. The number of para-hydroxylation sites is 1. The number of benzene rings is 4. The zero-order valence-corrected chi connectivity index (χ0v) is 19.7. The van der Waals surface area contributed by atoms with E-state index in [9.17, 15) is 9.59 Å². The largest absolute Gasteiger partial charge is 0.368 e. The SMILES string of the molecule is NC(=O)[C@@H](Cc1c[nH]c2ccccc12)NC(=O)C(c1ccccc1)(c1ccccc1)c1ccccc1. The Kier molecular flexibility index (Phi) is 6.37. The van der Waals surface area contributed by atoms with Gasteiger partial charge in [0, 0.05) is 23.5 Å². The average Bonchev–Trinajstić information content (AvgIpc) is 3.33. The second-order valence-corrected chi connectivity index (χ2v) is 8.84. The lowest BCUT2D eigenvalue weighted by atomic mass is 9.68. The minimum absolute atomic E-state index is 0.277. The molecule has 1 aromatic heterocycles. The molecule has 5 rings (SSSR count). The van der Waals surface area contributed by atoms with Crippen molar-refractivity contribution in [3.63, 3.8) is 0 Å². The fraction of sp³-hybridized carbons (Fsp3) is 0.0968. The van der Waals surface area contributed by atoms with Gasteiger partial charge < -0.3 is 16.0 Å². The summed E-state index contributed by atoms with van der Waals surface area (Å²) in [6, 6.07) is 35.9. The summed E-state index contributed by atoms with van der Waals surface area (Å²) >= 11 is 0. The predicted octanol–water partition coefficient (Wildman–Crippen LogP) is 4.72. The first-order valence-electron chi connectivity index (χ1n) is 11.9. The summed E-state index contributed by atoms with van der Waals surface area (Å²) in [6.45, 7) is 0. The van der Waals surface area contributed by atoms with Crippen molar-refractivity contribution in [2.75, 3.05) is 0 Å². The lowest BCUT2D eigenvalue weighted by molar-refractivity contribution is -0.129. The molecule has 0 aliphatic carbocycles. The molecule has 1 atom stereocenters. The van der Waals surface area contributed by atoms with Gasteiger partial charge in [-0.1, -0.05) is 109 Å². The summed E-state index contributed by atoms with van der Waals surface area (Å²) in [4.78, 5) is 30.3. The molecular weight excluding hydrogens is 446 g/mol. The van der Waals surface area contributed by atoms with Gasteiger partial charge in [0.25, 0.3) is 0 Å². The Hall–Kier alpha value is -4.64. The lowest BCUT2D eigenvalue weighted by Crippen LogP contribution is -2.54. The van der Waals surface area contributed by atoms with E-state index in [0.29, 0.717) is 0 Å². The first kappa shape index (κ1) is 23.1. The van der Waals surface area contributed by atoms with Crippen molar-refractivity contribution in [1.82, 2.24) is 10.3 Å². The van der Waals surface area contributed by atoms with Crippen molar-refractivity contribution in [2.24, 2.45) is 5.73 Å². The Morgan fingerprint density at radius 1 is 0.722 bits per heavy atom. The Morgan fingerprint density at radius 3 is 1.69 bits per heavy atom. The number of hydrogen-bond donors (Lipinski definition) is 3. The number of carbonyl (C=O) groups is 2. The van der Waals surface area contributed by atoms with Gasteiger partial charge in [-0.25, -0.2) is 0 Å². The third kappa shape index (κ3) is 4.16. The second kappa shape index (κ2) is 9.92. The van der Waals surface area contributed by atoms with E-state index in [1.54, 1.807) is 0 Å². The Morgan fingerprint density at radius 2 is 1.19 bits per heavy atom. The fourth-order valence-corrected chi connectivity index (χ4v) is 4.97. The van der Waals surface area contributed by atoms with Crippen molar-refractivity contribution in [1.29, 1.82) is 0 Å². The van der Waals surface area contributed by atoms with E-state index in [1.165, 1.54) is 0 Å². The summed E-state index contributed by atoms with van der Waals surface area (Å²) in [5.74, 6) is -0.897. The number of carbonyl (C=O) groups excluding carboxylic acids is 2. The molecule has 0 saturated carbocycles. The summed E-state index contributed by atoms with van der Waals surface area (Å²) < 4.78 is 0. The number of primary amides is 1. The van der Waals surface area contributed by atoms with Gasteiger partial charge in [-0.2, -0.15) is 0 Å². The van der Waals surface area contributed by atoms with Crippen molar-refractivity contribution >= 4 is 22.7 Å². The smallest absolute Gasteiger partial charge is 0.240 e. The van der Waals surface area contributed by atoms with E-state index in [1.807, 2.05) is 121 Å². The van der Waals surface area contributed by atoms with Crippen LogP contribution in [0.25, 0.3) is 10.9 Å². The van der Waals surface area contributed by atoms with Gasteiger partial charge in [-0.05, 0) is 28.3 Å². The molecule has 0 unspecified atom stereocenters. The summed E-state index contributed by atoms with van der Waals surface area (Å²) in [5.41, 5.74) is 8.94. The van der Waals surface area contributed by atoms with Crippen LogP contribution in [0.1, 0.15) is 22.3 Å². The Balaban J connectivity index is 1.62. The molecule has 5 aromatic rings. The van der Waals surface area contributed by atoms with Crippen molar-refractivity contribution < 1.29 is 9.59 Å². The highest BCUT2D eigenvalue weighted by Gasteiger charge is 2.44. The van der Waals surface area contributed by atoms with Crippen LogP contribution in [0.4, 0.5) is 0 Å². The zero-order chi connectivity index (χ0) is 25.0. The quantitative estimate of drug-likeness (QED) is 0.285. The second-order valence-electron chi connectivity index (χ2n) is 8.84. The van der Waals surface area contributed by atoms with Crippen LogP contribution in [0.15, 0.2) is 121 Å².